The van der Waals surface area contributed by atoms with Crippen molar-refractivity contribution < 1.29 is 14.7 Å². The molecule has 0 spiro atoms. The van der Waals surface area contributed by atoms with E-state index in [1.165, 1.54) is 4.90 Å². The molecule has 1 unspecified atom stereocenters. The van der Waals surface area contributed by atoms with Gasteiger partial charge in [0.2, 0.25) is 0 Å². The normalized spacial score (nSPS) is 12.0. The van der Waals surface area contributed by atoms with E-state index in [-0.39, 0.29) is 12.5 Å². The molecule has 1 aromatic carbocycles. The number of amides is 1. The highest BCUT2D eigenvalue weighted by molar-refractivity contribution is 9.10. The van der Waals surface area contributed by atoms with Crippen molar-refractivity contribution in [3.63, 3.8) is 0 Å². The van der Waals surface area contributed by atoms with Crippen LogP contribution in [0.4, 0.5) is 0 Å². The van der Waals surface area contributed by atoms with Crippen LogP contribution >= 0.6 is 15.9 Å². The molecule has 0 aromatic heterocycles. The van der Waals surface area contributed by atoms with Crippen LogP contribution in [0.1, 0.15) is 22.8 Å². The van der Waals surface area contributed by atoms with Crippen LogP contribution in [-0.4, -0.2) is 35.5 Å². The van der Waals surface area contributed by atoms with E-state index in [1.807, 2.05) is 19.1 Å². The van der Waals surface area contributed by atoms with Gasteiger partial charge < -0.3 is 10.0 Å². The number of carbonyl (C=O) groups is 2. The molecular weight excluding hydrogens is 298 g/mol. The number of nitrogens with zero attached hydrogens (tertiary/aromatic N) is 1. The second-order valence-electron chi connectivity index (χ2n) is 4.38. The van der Waals surface area contributed by atoms with Gasteiger partial charge in [0, 0.05) is 23.6 Å². The van der Waals surface area contributed by atoms with Gasteiger partial charge in [0.05, 0.1) is 5.92 Å². The summed E-state index contributed by atoms with van der Waals surface area (Å²) >= 11 is 3.32. The van der Waals surface area contributed by atoms with Crippen molar-refractivity contribution >= 4 is 27.8 Å². The summed E-state index contributed by atoms with van der Waals surface area (Å²) in [4.78, 5) is 24.4. The van der Waals surface area contributed by atoms with Gasteiger partial charge in [-0.2, -0.15) is 0 Å². The predicted octanol–water partition coefficient (Wildman–Crippen LogP) is 2.55. The maximum absolute atomic E-state index is 12.2. The number of carboxylic acid groups (broad SMARTS) is 1. The zero-order valence-corrected chi connectivity index (χ0v) is 12.2. The van der Waals surface area contributed by atoms with Crippen molar-refractivity contribution in [1.29, 1.82) is 0 Å². The Morgan fingerprint density at radius 1 is 1.44 bits per heavy atom. The molecule has 4 nitrogen and oxygen atoms in total. The number of benzene rings is 1. The molecule has 0 radical (unpaired) electrons. The lowest BCUT2D eigenvalue weighted by atomic mass is 10.1. The Morgan fingerprint density at radius 3 is 2.61 bits per heavy atom. The molecule has 0 aliphatic heterocycles. The smallest absolute Gasteiger partial charge is 0.308 e. The second kappa shape index (κ2) is 6.00. The zero-order chi connectivity index (χ0) is 13.9. The van der Waals surface area contributed by atoms with Crippen molar-refractivity contribution in [2.75, 3.05) is 13.6 Å². The SMILES string of the molecule is Cc1ccc(Br)cc1C(=O)N(C)CC(C)C(=O)O. The van der Waals surface area contributed by atoms with Crippen LogP contribution < -0.4 is 0 Å². The minimum absolute atomic E-state index is 0.165. The Morgan fingerprint density at radius 2 is 2.06 bits per heavy atom. The summed E-state index contributed by atoms with van der Waals surface area (Å²) in [5.74, 6) is -1.64. The van der Waals surface area contributed by atoms with Gasteiger partial charge in [0.15, 0.2) is 0 Å². The van der Waals surface area contributed by atoms with E-state index in [2.05, 4.69) is 15.9 Å². The largest absolute Gasteiger partial charge is 0.481 e. The number of carbonyl (C=O) groups excluding carboxylic acids is 1. The maximum atomic E-state index is 12.2. The highest BCUT2D eigenvalue weighted by Gasteiger charge is 2.19. The van der Waals surface area contributed by atoms with Crippen LogP contribution in [0.2, 0.25) is 0 Å². The van der Waals surface area contributed by atoms with Crippen LogP contribution in [-0.2, 0) is 4.79 Å². The Kier molecular flexibility index (Phi) is 4.90. The first-order chi connectivity index (χ1) is 8.32. The van der Waals surface area contributed by atoms with Gasteiger partial charge in [0.25, 0.3) is 5.91 Å². The quantitative estimate of drug-likeness (QED) is 0.929. The lowest BCUT2D eigenvalue weighted by Gasteiger charge is -2.20. The van der Waals surface area contributed by atoms with Gasteiger partial charge in [-0.3, -0.25) is 9.59 Å². The zero-order valence-electron chi connectivity index (χ0n) is 10.6. The van der Waals surface area contributed by atoms with E-state index in [0.29, 0.717) is 5.56 Å². The number of rotatable bonds is 4. The van der Waals surface area contributed by atoms with Crippen molar-refractivity contribution in [2.24, 2.45) is 5.92 Å². The first-order valence-corrected chi connectivity index (χ1v) is 6.36. The third kappa shape index (κ3) is 3.57. The van der Waals surface area contributed by atoms with Crippen molar-refractivity contribution in [3.8, 4) is 0 Å². The molecule has 1 atom stereocenters. The van der Waals surface area contributed by atoms with Gasteiger partial charge in [0.1, 0.15) is 0 Å². The lowest BCUT2D eigenvalue weighted by Crippen LogP contribution is -2.34. The van der Waals surface area contributed by atoms with Gasteiger partial charge >= 0.3 is 5.97 Å². The lowest BCUT2D eigenvalue weighted by molar-refractivity contribution is -0.141. The summed E-state index contributed by atoms with van der Waals surface area (Å²) in [6.45, 7) is 3.63. The molecule has 1 N–H and O–H groups in total. The summed E-state index contributed by atoms with van der Waals surface area (Å²) in [5.41, 5.74) is 1.46. The van der Waals surface area contributed by atoms with Gasteiger partial charge in [-0.25, -0.2) is 0 Å². The molecule has 0 heterocycles. The van der Waals surface area contributed by atoms with Crippen LogP contribution in [0.25, 0.3) is 0 Å². The Hall–Kier alpha value is -1.36. The molecule has 0 fully saturated rings. The molecule has 1 aromatic rings. The summed E-state index contributed by atoms with van der Waals surface area (Å²) in [7, 11) is 1.61. The number of aryl methyl sites for hydroxylation is 1. The third-order valence-corrected chi connectivity index (χ3v) is 3.24. The van der Waals surface area contributed by atoms with Crippen molar-refractivity contribution in [3.05, 3.63) is 33.8 Å². The third-order valence-electron chi connectivity index (χ3n) is 2.75. The van der Waals surface area contributed by atoms with Crippen LogP contribution in [0.15, 0.2) is 22.7 Å². The number of carboxylic acids is 1. The first kappa shape index (κ1) is 14.7. The molecular formula is C13H16BrNO3. The van der Waals surface area contributed by atoms with E-state index in [0.717, 1.165) is 10.0 Å². The number of hydrogen-bond acceptors (Lipinski definition) is 2. The van der Waals surface area contributed by atoms with Gasteiger partial charge in [-0.1, -0.05) is 28.9 Å². The van der Waals surface area contributed by atoms with E-state index in [4.69, 9.17) is 5.11 Å². The minimum atomic E-state index is -0.902. The van der Waals surface area contributed by atoms with E-state index in [9.17, 15) is 9.59 Å². The molecule has 0 saturated carbocycles. The van der Waals surface area contributed by atoms with Gasteiger partial charge in [-0.05, 0) is 24.6 Å². The standard InChI is InChI=1S/C13H16BrNO3/c1-8-4-5-10(14)6-11(8)12(16)15(3)7-9(2)13(17)18/h4-6,9H,7H2,1-3H3,(H,17,18). The monoisotopic (exact) mass is 313 g/mol. The number of aliphatic carboxylic acids is 1. The van der Waals surface area contributed by atoms with Gasteiger partial charge in [-0.15, -0.1) is 0 Å². The molecule has 1 rings (SSSR count). The molecule has 0 aliphatic carbocycles. The fourth-order valence-corrected chi connectivity index (χ4v) is 1.96. The average molecular weight is 314 g/mol. The van der Waals surface area contributed by atoms with Crippen LogP contribution in [0, 0.1) is 12.8 Å². The topological polar surface area (TPSA) is 57.6 Å². The summed E-state index contributed by atoms with van der Waals surface area (Å²) in [6.07, 6.45) is 0. The molecule has 0 bridgehead atoms. The minimum Gasteiger partial charge on any atom is -0.481 e. The Bertz CT molecular complexity index is 473. The number of hydrogen-bond donors (Lipinski definition) is 1. The summed E-state index contributed by atoms with van der Waals surface area (Å²) in [6, 6.07) is 5.47. The Balaban J connectivity index is 2.86. The number of halogens is 1. The first-order valence-electron chi connectivity index (χ1n) is 5.57. The van der Waals surface area contributed by atoms with Crippen molar-refractivity contribution in [1.82, 2.24) is 4.90 Å². The van der Waals surface area contributed by atoms with E-state index < -0.39 is 11.9 Å². The molecule has 0 aliphatic rings. The van der Waals surface area contributed by atoms with E-state index >= 15 is 0 Å². The molecule has 1 amide bonds. The highest BCUT2D eigenvalue weighted by atomic mass is 79.9. The summed E-state index contributed by atoms with van der Waals surface area (Å²) in [5, 5.41) is 8.84. The molecule has 5 heteroatoms. The van der Waals surface area contributed by atoms with Crippen molar-refractivity contribution in [2.45, 2.75) is 13.8 Å². The average Bonchev–Trinajstić information content (AvgIpc) is 2.31. The molecule has 0 saturated heterocycles. The predicted molar refractivity (Wildman–Crippen MR) is 72.6 cm³/mol. The van der Waals surface area contributed by atoms with Crippen LogP contribution in [0.3, 0.4) is 0 Å². The maximum Gasteiger partial charge on any atom is 0.308 e. The van der Waals surface area contributed by atoms with Crippen LogP contribution in [0.5, 0.6) is 0 Å². The summed E-state index contributed by atoms with van der Waals surface area (Å²) < 4.78 is 0.830. The molecule has 98 valence electrons. The highest BCUT2D eigenvalue weighted by Crippen LogP contribution is 2.17. The second-order valence-corrected chi connectivity index (χ2v) is 5.30. The fraction of sp³-hybridized carbons (Fsp3) is 0.385. The van der Waals surface area contributed by atoms with E-state index in [1.54, 1.807) is 20.0 Å². The molecule has 18 heavy (non-hydrogen) atoms. The fourth-order valence-electron chi connectivity index (χ4n) is 1.60. The Labute approximate surface area is 115 Å².